The molecular formula is C13H18N2O2. The quantitative estimate of drug-likeness (QED) is 0.556. The molecule has 17 heavy (non-hydrogen) atoms. The zero-order valence-electron chi connectivity index (χ0n) is 9.82. The van der Waals surface area contributed by atoms with Gasteiger partial charge in [0, 0.05) is 18.7 Å². The Morgan fingerprint density at radius 3 is 3.06 bits per heavy atom. The van der Waals surface area contributed by atoms with Crippen LogP contribution in [0, 0.1) is 0 Å². The van der Waals surface area contributed by atoms with E-state index in [-0.39, 0.29) is 5.91 Å². The predicted octanol–water partition coefficient (Wildman–Crippen LogP) is 1.55. The SMILES string of the molecule is O=C(/C=C/c1ccco1)NCCCNC1CC1. The molecule has 0 unspecified atom stereocenters. The number of amides is 1. The highest BCUT2D eigenvalue weighted by Gasteiger charge is 2.19. The topological polar surface area (TPSA) is 54.3 Å². The molecule has 1 fully saturated rings. The third kappa shape index (κ3) is 4.87. The van der Waals surface area contributed by atoms with Crippen LogP contribution in [0.2, 0.25) is 0 Å². The average molecular weight is 234 g/mol. The van der Waals surface area contributed by atoms with Crippen molar-refractivity contribution in [3.63, 3.8) is 0 Å². The van der Waals surface area contributed by atoms with Crippen molar-refractivity contribution in [2.75, 3.05) is 13.1 Å². The minimum atomic E-state index is -0.0761. The molecule has 0 aliphatic heterocycles. The maximum absolute atomic E-state index is 11.4. The lowest BCUT2D eigenvalue weighted by atomic mass is 10.3. The standard InChI is InChI=1S/C13H18N2O2/c16-13(7-6-12-3-1-10-17-12)15-9-2-8-14-11-4-5-11/h1,3,6-7,10-11,14H,2,4-5,8-9H2,(H,15,16)/b7-6+. The van der Waals surface area contributed by atoms with E-state index in [1.807, 2.05) is 6.07 Å². The molecule has 0 saturated heterocycles. The van der Waals surface area contributed by atoms with Gasteiger partial charge in [0.05, 0.1) is 6.26 Å². The van der Waals surface area contributed by atoms with Crippen molar-refractivity contribution in [3.05, 3.63) is 30.2 Å². The maximum atomic E-state index is 11.4. The van der Waals surface area contributed by atoms with Crippen molar-refractivity contribution in [1.82, 2.24) is 10.6 Å². The Hall–Kier alpha value is -1.55. The van der Waals surface area contributed by atoms with Crippen molar-refractivity contribution >= 4 is 12.0 Å². The maximum Gasteiger partial charge on any atom is 0.244 e. The van der Waals surface area contributed by atoms with Gasteiger partial charge in [-0.3, -0.25) is 4.79 Å². The molecule has 4 nitrogen and oxygen atoms in total. The fourth-order valence-corrected chi connectivity index (χ4v) is 1.50. The van der Waals surface area contributed by atoms with Crippen LogP contribution in [-0.2, 0) is 4.79 Å². The van der Waals surface area contributed by atoms with Crippen LogP contribution in [0.1, 0.15) is 25.0 Å². The molecule has 0 radical (unpaired) electrons. The monoisotopic (exact) mass is 234 g/mol. The van der Waals surface area contributed by atoms with Crippen LogP contribution >= 0.6 is 0 Å². The van der Waals surface area contributed by atoms with Crippen LogP contribution in [0.4, 0.5) is 0 Å². The van der Waals surface area contributed by atoms with Gasteiger partial charge in [-0.05, 0) is 44.0 Å². The number of furan rings is 1. The molecule has 1 aromatic rings. The van der Waals surface area contributed by atoms with Gasteiger partial charge in [0.2, 0.25) is 5.91 Å². The van der Waals surface area contributed by atoms with Crippen molar-refractivity contribution in [3.8, 4) is 0 Å². The second-order valence-electron chi connectivity index (χ2n) is 4.22. The molecule has 92 valence electrons. The summed E-state index contributed by atoms with van der Waals surface area (Å²) in [6, 6.07) is 4.34. The first-order chi connectivity index (χ1) is 8.34. The van der Waals surface area contributed by atoms with Crippen LogP contribution in [0.3, 0.4) is 0 Å². The van der Waals surface area contributed by atoms with Gasteiger partial charge in [-0.2, -0.15) is 0 Å². The summed E-state index contributed by atoms with van der Waals surface area (Å²) in [7, 11) is 0. The second-order valence-corrected chi connectivity index (χ2v) is 4.22. The number of carbonyl (C=O) groups is 1. The molecule has 2 N–H and O–H groups in total. The highest BCUT2D eigenvalue weighted by atomic mass is 16.3. The van der Waals surface area contributed by atoms with Gasteiger partial charge in [-0.1, -0.05) is 0 Å². The first-order valence-corrected chi connectivity index (χ1v) is 6.07. The summed E-state index contributed by atoms with van der Waals surface area (Å²) >= 11 is 0. The lowest BCUT2D eigenvalue weighted by molar-refractivity contribution is -0.116. The number of carbonyl (C=O) groups excluding carboxylic acids is 1. The Kier molecular flexibility index (Phi) is 4.38. The van der Waals surface area contributed by atoms with Gasteiger partial charge in [0.25, 0.3) is 0 Å². The lowest BCUT2D eigenvalue weighted by Crippen LogP contribution is -2.26. The van der Waals surface area contributed by atoms with E-state index in [2.05, 4.69) is 10.6 Å². The summed E-state index contributed by atoms with van der Waals surface area (Å²) in [5.41, 5.74) is 0. The Morgan fingerprint density at radius 1 is 1.47 bits per heavy atom. The molecule has 1 aromatic heterocycles. The van der Waals surface area contributed by atoms with Gasteiger partial charge in [-0.15, -0.1) is 0 Å². The Labute approximate surface area is 101 Å². The van der Waals surface area contributed by atoms with Crippen LogP contribution in [0.15, 0.2) is 28.9 Å². The third-order valence-corrected chi connectivity index (χ3v) is 2.61. The molecule has 0 aromatic carbocycles. The van der Waals surface area contributed by atoms with Crippen molar-refractivity contribution in [1.29, 1.82) is 0 Å². The summed E-state index contributed by atoms with van der Waals surface area (Å²) in [5.74, 6) is 0.614. The van der Waals surface area contributed by atoms with E-state index in [0.717, 1.165) is 19.0 Å². The van der Waals surface area contributed by atoms with Crippen LogP contribution in [-0.4, -0.2) is 25.0 Å². The van der Waals surface area contributed by atoms with E-state index in [9.17, 15) is 4.79 Å². The van der Waals surface area contributed by atoms with E-state index in [1.54, 1.807) is 18.4 Å². The molecule has 0 atom stereocenters. The molecule has 2 rings (SSSR count). The zero-order chi connectivity index (χ0) is 11.9. The summed E-state index contributed by atoms with van der Waals surface area (Å²) in [6.07, 6.45) is 8.32. The fraction of sp³-hybridized carbons (Fsp3) is 0.462. The predicted molar refractivity (Wildman–Crippen MR) is 66.4 cm³/mol. The summed E-state index contributed by atoms with van der Waals surface area (Å²) < 4.78 is 5.08. The number of hydrogen-bond acceptors (Lipinski definition) is 3. The Bertz CT molecular complexity index is 367. The first-order valence-electron chi connectivity index (χ1n) is 6.07. The van der Waals surface area contributed by atoms with Gasteiger partial charge in [0.15, 0.2) is 0 Å². The summed E-state index contributed by atoms with van der Waals surface area (Å²) in [6.45, 7) is 1.69. The number of hydrogen-bond donors (Lipinski definition) is 2. The van der Waals surface area contributed by atoms with Crippen LogP contribution < -0.4 is 10.6 Å². The zero-order valence-corrected chi connectivity index (χ0v) is 9.82. The van der Waals surface area contributed by atoms with Crippen molar-refractivity contribution in [2.45, 2.75) is 25.3 Å². The number of nitrogens with one attached hydrogen (secondary N) is 2. The highest BCUT2D eigenvalue weighted by Crippen LogP contribution is 2.18. The Balaban J connectivity index is 1.54. The van der Waals surface area contributed by atoms with E-state index >= 15 is 0 Å². The highest BCUT2D eigenvalue weighted by molar-refractivity contribution is 5.91. The van der Waals surface area contributed by atoms with E-state index in [1.165, 1.54) is 18.9 Å². The largest absolute Gasteiger partial charge is 0.465 e. The molecule has 1 heterocycles. The smallest absolute Gasteiger partial charge is 0.244 e. The van der Waals surface area contributed by atoms with Gasteiger partial charge in [-0.25, -0.2) is 0 Å². The van der Waals surface area contributed by atoms with E-state index < -0.39 is 0 Å². The molecule has 1 aliphatic rings. The van der Waals surface area contributed by atoms with Crippen LogP contribution in [0.5, 0.6) is 0 Å². The van der Waals surface area contributed by atoms with Crippen molar-refractivity contribution < 1.29 is 9.21 Å². The van der Waals surface area contributed by atoms with Gasteiger partial charge in [0.1, 0.15) is 5.76 Å². The molecule has 0 spiro atoms. The van der Waals surface area contributed by atoms with Crippen LogP contribution in [0.25, 0.3) is 6.08 Å². The molecule has 1 amide bonds. The minimum absolute atomic E-state index is 0.0761. The van der Waals surface area contributed by atoms with E-state index in [0.29, 0.717) is 12.3 Å². The molecule has 1 saturated carbocycles. The normalized spacial score (nSPS) is 15.3. The summed E-state index contributed by atoms with van der Waals surface area (Å²) in [4.78, 5) is 11.4. The minimum Gasteiger partial charge on any atom is -0.465 e. The van der Waals surface area contributed by atoms with Gasteiger partial charge < -0.3 is 15.1 Å². The fourth-order valence-electron chi connectivity index (χ4n) is 1.50. The Morgan fingerprint density at radius 2 is 2.35 bits per heavy atom. The molecule has 1 aliphatic carbocycles. The lowest BCUT2D eigenvalue weighted by Gasteiger charge is -2.03. The third-order valence-electron chi connectivity index (χ3n) is 2.61. The first kappa shape index (κ1) is 11.9. The molecule has 0 bridgehead atoms. The van der Waals surface area contributed by atoms with E-state index in [4.69, 9.17) is 4.42 Å². The number of rotatable bonds is 7. The molecular weight excluding hydrogens is 216 g/mol. The second kappa shape index (κ2) is 6.25. The summed E-state index contributed by atoms with van der Waals surface area (Å²) in [5, 5.41) is 6.23. The average Bonchev–Trinajstić information content (AvgIpc) is 3.00. The van der Waals surface area contributed by atoms with Gasteiger partial charge >= 0.3 is 0 Å². The molecule has 4 heteroatoms. The van der Waals surface area contributed by atoms with Crippen molar-refractivity contribution in [2.24, 2.45) is 0 Å².